The number of anilines is 1. The van der Waals surface area contributed by atoms with Crippen LogP contribution in [0.2, 0.25) is 0 Å². The van der Waals surface area contributed by atoms with Crippen LogP contribution >= 0.6 is 11.8 Å². The molecule has 2 aliphatic heterocycles. The Labute approximate surface area is 138 Å². The molecule has 7 nitrogen and oxygen atoms in total. The normalized spacial score (nSPS) is 20.4. The number of nitrogen functional groups attached to an aromatic ring is 1. The maximum atomic E-state index is 12.7. The summed E-state index contributed by atoms with van der Waals surface area (Å²) in [5.74, 6) is 0.710. The van der Waals surface area contributed by atoms with Crippen molar-refractivity contribution in [3.63, 3.8) is 0 Å². The fraction of sp³-hybridized carbons (Fsp3) is 0.533. The first-order valence-corrected chi connectivity index (χ1v) is 8.54. The monoisotopic (exact) mass is 337 g/mol. The Kier molecular flexibility index (Phi) is 4.45. The highest BCUT2D eigenvalue weighted by atomic mass is 32.2. The van der Waals surface area contributed by atoms with Gasteiger partial charge in [-0.1, -0.05) is 0 Å². The van der Waals surface area contributed by atoms with Crippen LogP contribution in [0.3, 0.4) is 0 Å². The second-order valence-corrected chi connectivity index (χ2v) is 7.46. The van der Waals surface area contributed by atoms with Crippen LogP contribution < -0.4 is 5.73 Å². The number of carbonyl (C=O) groups excluding carboxylic acids is 1. The number of rotatable bonds is 2. The van der Waals surface area contributed by atoms with E-state index in [4.69, 9.17) is 10.5 Å². The average molecular weight is 337 g/mol. The van der Waals surface area contributed by atoms with Crippen LogP contribution in [-0.2, 0) is 4.74 Å². The molecular weight excluding hydrogens is 318 g/mol. The van der Waals surface area contributed by atoms with Crippen molar-refractivity contribution in [2.45, 2.75) is 17.6 Å². The molecule has 8 heteroatoms. The summed E-state index contributed by atoms with van der Waals surface area (Å²) < 4.78 is 5.49. The minimum absolute atomic E-state index is 0.0614. The summed E-state index contributed by atoms with van der Waals surface area (Å²) in [5, 5.41) is 11.0. The van der Waals surface area contributed by atoms with Crippen molar-refractivity contribution in [1.82, 2.24) is 4.90 Å². The van der Waals surface area contributed by atoms with E-state index in [-0.39, 0.29) is 22.0 Å². The summed E-state index contributed by atoms with van der Waals surface area (Å²) in [5.41, 5.74) is 5.77. The molecule has 124 valence electrons. The van der Waals surface area contributed by atoms with Crippen LogP contribution in [0.1, 0.15) is 23.2 Å². The number of nitro groups is 1. The van der Waals surface area contributed by atoms with Gasteiger partial charge in [0.25, 0.3) is 11.6 Å². The smallest absolute Gasteiger partial charge is 0.292 e. The second-order valence-electron chi connectivity index (χ2n) is 5.90. The van der Waals surface area contributed by atoms with Gasteiger partial charge in [-0.05, 0) is 25.0 Å². The lowest BCUT2D eigenvalue weighted by Gasteiger charge is -2.44. The number of ether oxygens (including phenoxy) is 1. The Hall–Kier alpha value is -1.80. The predicted octanol–water partition coefficient (Wildman–Crippen LogP) is 1.92. The zero-order valence-corrected chi connectivity index (χ0v) is 13.5. The predicted molar refractivity (Wildman–Crippen MR) is 88.7 cm³/mol. The zero-order valence-electron chi connectivity index (χ0n) is 12.7. The second kappa shape index (κ2) is 6.37. The number of hydrogen-bond acceptors (Lipinski definition) is 6. The van der Waals surface area contributed by atoms with E-state index < -0.39 is 4.92 Å². The number of nitrogens with two attached hydrogens (primary N) is 1. The number of amides is 1. The molecule has 0 aliphatic carbocycles. The number of hydrogen-bond donors (Lipinski definition) is 1. The molecule has 2 saturated heterocycles. The van der Waals surface area contributed by atoms with Crippen molar-refractivity contribution >= 4 is 29.0 Å². The standard InChI is InChI=1S/C15H19N3O4S/c16-12-2-1-11(9-13(12)18(20)21)14(19)17-5-8-23-15(10-17)3-6-22-7-4-15/h1-2,9H,3-8,10,16H2. The Morgan fingerprint density at radius 1 is 1.39 bits per heavy atom. The molecular formula is C15H19N3O4S. The molecule has 2 heterocycles. The molecule has 2 aliphatic rings. The third-order valence-electron chi connectivity index (χ3n) is 4.41. The van der Waals surface area contributed by atoms with Crippen LogP contribution in [0.25, 0.3) is 0 Å². The van der Waals surface area contributed by atoms with Gasteiger partial charge in [0, 0.05) is 48.4 Å². The van der Waals surface area contributed by atoms with E-state index in [2.05, 4.69) is 0 Å². The van der Waals surface area contributed by atoms with Gasteiger partial charge in [0.2, 0.25) is 0 Å². The topological polar surface area (TPSA) is 98.7 Å². The molecule has 0 radical (unpaired) electrons. The van der Waals surface area contributed by atoms with Gasteiger partial charge in [0.1, 0.15) is 5.69 Å². The molecule has 0 bridgehead atoms. The Balaban J connectivity index is 1.80. The van der Waals surface area contributed by atoms with Gasteiger partial charge in [-0.2, -0.15) is 11.8 Å². The molecule has 23 heavy (non-hydrogen) atoms. The van der Waals surface area contributed by atoms with Crippen LogP contribution in [0.15, 0.2) is 18.2 Å². The van der Waals surface area contributed by atoms with E-state index in [0.29, 0.717) is 18.7 Å². The molecule has 1 aromatic carbocycles. The number of thioether (sulfide) groups is 1. The lowest BCUT2D eigenvalue weighted by atomic mass is 9.97. The van der Waals surface area contributed by atoms with Crippen LogP contribution in [0, 0.1) is 10.1 Å². The quantitative estimate of drug-likeness (QED) is 0.503. The van der Waals surface area contributed by atoms with E-state index >= 15 is 0 Å². The van der Waals surface area contributed by atoms with Gasteiger partial charge in [-0.15, -0.1) is 0 Å². The van der Waals surface area contributed by atoms with E-state index in [1.54, 1.807) is 11.0 Å². The first-order valence-electron chi connectivity index (χ1n) is 7.56. The molecule has 0 aromatic heterocycles. The van der Waals surface area contributed by atoms with Crippen LogP contribution in [0.5, 0.6) is 0 Å². The van der Waals surface area contributed by atoms with Crippen LogP contribution in [0.4, 0.5) is 11.4 Å². The third-order valence-corrected chi connectivity index (χ3v) is 5.95. The van der Waals surface area contributed by atoms with E-state index in [1.807, 2.05) is 11.8 Å². The van der Waals surface area contributed by atoms with Crippen molar-refractivity contribution in [3.8, 4) is 0 Å². The summed E-state index contributed by atoms with van der Waals surface area (Å²) in [6, 6.07) is 4.26. The summed E-state index contributed by atoms with van der Waals surface area (Å²) in [6.45, 7) is 2.77. The number of nitrogens with zero attached hydrogens (tertiary/aromatic N) is 2. The van der Waals surface area contributed by atoms with Crippen molar-refractivity contribution in [3.05, 3.63) is 33.9 Å². The SMILES string of the molecule is Nc1ccc(C(=O)N2CCSC3(CCOCC3)C2)cc1[N+](=O)[O-]. The Morgan fingerprint density at radius 2 is 2.13 bits per heavy atom. The van der Waals surface area contributed by atoms with Gasteiger partial charge in [-0.3, -0.25) is 14.9 Å². The van der Waals surface area contributed by atoms with Crippen molar-refractivity contribution in [1.29, 1.82) is 0 Å². The van der Waals surface area contributed by atoms with E-state index in [1.165, 1.54) is 12.1 Å². The molecule has 1 spiro atoms. The number of carbonyl (C=O) groups is 1. The maximum Gasteiger partial charge on any atom is 0.292 e. The van der Waals surface area contributed by atoms with Gasteiger partial charge >= 0.3 is 0 Å². The van der Waals surface area contributed by atoms with Crippen molar-refractivity contribution < 1.29 is 14.5 Å². The number of benzene rings is 1. The molecule has 3 rings (SSSR count). The summed E-state index contributed by atoms with van der Waals surface area (Å²) in [4.78, 5) is 25.0. The largest absolute Gasteiger partial charge is 0.393 e. The van der Waals surface area contributed by atoms with Gasteiger partial charge in [-0.25, -0.2) is 0 Å². The molecule has 0 saturated carbocycles. The summed E-state index contributed by atoms with van der Waals surface area (Å²) in [6.07, 6.45) is 1.87. The van der Waals surface area contributed by atoms with Gasteiger partial charge < -0.3 is 15.4 Å². The highest BCUT2D eigenvalue weighted by Crippen LogP contribution is 2.39. The van der Waals surface area contributed by atoms with Crippen molar-refractivity contribution in [2.24, 2.45) is 0 Å². The first-order chi connectivity index (χ1) is 11.0. The highest BCUT2D eigenvalue weighted by molar-refractivity contribution is 8.00. The van der Waals surface area contributed by atoms with Crippen LogP contribution in [-0.4, -0.2) is 52.5 Å². The minimum Gasteiger partial charge on any atom is -0.393 e. The fourth-order valence-corrected chi connectivity index (χ4v) is 4.53. The molecule has 0 unspecified atom stereocenters. The van der Waals surface area contributed by atoms with Gasteiger partial charge in [0.05, 0.1) is 4.92 Å². The molecule has 1 amide bonds. The lowest BCUT2D eigenvalue weighted by molar-refractivity contribution is -0.383. The summed E-state index contributed by atoms with van der Waals surface area (Å²) in [7, 11) is 0. The van der Waals surface area contributed by atoms with E-state index in [9.17, 15) is 14.9 Å². The number of nitro benzene ring substituents is 1. The zero-order chi connectivity index (χ0) is 16.4. The molecule has 2 fully saturated rings. The molecule has 1 aromatic rings. The van der Waals surface area contributed by atoms with E-state index in [0.717, 1.165) is 31.8 Å². The molecule has 0 atom stereocenters. The lowest BCUT2D eigenvalue weighted by Crippen LogP contribution is -2.51. The Morgan fingerprint density at radius 3 is 2.83 bits per heavy atom. The van der Waals surface area contributed by atoms with Crippen molar-refractivity contribution in [2.75, 3.05) is 37.8 Å². The average Bonchev–Trinajstić information content (AvgIpc) is 2.55. The first kappa shape index (κ1) is 16.1. The Bertz CT molecular complexity index is 626. The minimum atomic E-state index is -0.557. The van der Waals surface area contributed by atoms with Gasteiger partial charge in [0.15, 0.2) is 0 Å². The third kappa shape index (κ3) is 3.28. The highest BCUT2D eigenvalue weighted by Gasteiger charge is 2.39. The summed E-state index contributed by atoms with van der Waals surface area (Å²) >= 11 is 1.91. The maximum absolute atomic E-state index is 12.7. The fourth-order valence-electron chi connectivity index (χ4n) is 3.08. The molecule has 2 N–H and O–H groups in total.